The number of aromatic hydroxyl groups is 1. The summed E-state index contributed by atoms with van der Waals surface area (Å²) < 4.78 is 11.2. The van der Waals surface area contributed by atoms with Crippen molar-refractivity contribution in [2.24, 2.45) is 0 Å². The number of hydrogen-bond acceptors (Lipinski definition) is 6. The van der Waals surface area contributed by atoms with E-state index in [1.807, 2.05) is 37.8 Å². The zero-order chi connectivity index (χ0) is 20.9. The lowest BCUT2D eigenvalue weighted by atomic mass is 10.2. The fraction of sp³-hybridized carbons (Fsp3) is 0.455. The van der Waals surface area contributed by atoms with Gasteiger partial charge in [-0.05, 0) is 39.0 Å². The van der Waals surface area contributed by atoms with Crippen LogP contribution in [0.25, 0.3) is 0 Å². The van der Waals surface area contributed by atoms with Crippen molar-refractivity contribution in [3.05, 3.63) is 48.2 Å². The van der Waals surface area contributed by atoms with E-state index in [-0.39, 0.29) is 17.3 Å². The molecule has 0 saturated carbocycles. The van der Waals surface area contributed by atoms with Crippen LogP contribution in [0.15, 0.2) is 42.6 Å². The Morgan fingerprint density at radius 1 is 1.07 bits per heavy atom. The topological polar surface area (TPSA) is 75.1 Å². The number of pyridine rings is 1. The summed E-state index contributed by atoms with van der Waals surface area (Å²) in [5.74, 6) is 0.695. The van der Waals surface area contributed by atoms with Gasteiger partial charge in [0, 0.05) is 38.4 Å². The first kappa shape index (κ1) is 20.9. The molecule has 3 rings (SSSR count). The molecule has 1 aliphatic rings. The Labute approximate surface area is 171 Å². The number of carbonyl (C=O) groups is 1. The number of amides is 1. The number of hydrogen-bond donors (Lipinski definition) is 1. The summed E-state index contributed by atoms with van der Waals surface area (Å²) in [6, 6.07) is 10.7. The molecule has 1 N–H and O–H groups in total. The van der Waals surface area contributed by atoms with Crippen LogP contribution < -0.4 is 9.64 Å². The number of carbonyl (C=O) groups excluding carboxylic acids is 1. The normalized spacial score (nSPS) is 14.7. The van der Waals surface area contributed by atoms with Crippen LogP contribution in [0.3, 0.4) is 0 Å². The van der Waals surface area contributed by atoms with Crippen LogP contribution in [0, 0.1) is 0 Å². The standard InChI is InChI=1S/C22H29N3O4/c1-22(2,3)29-15-14-28-20-9-8-17(16-23-20)21(27)25-12-10-24(11-13-25)18-6-4-5-7-19(18)26/h4-9,16,26H,10-15H2,1-3H3. The Kier molecular flexibility index (Phi) is 6.59. The second kappa shape index (κ2) is 9.13. The summed E-state index contributed by atoms with van der Waals surface area (Å²) in [5, 5.41) is 10.0. The molecule has 7 nitrogen and oxygen atoms in total. The van der Waals surface area contributed by atoms with E-state index in [2.05, 4.69) is 9.88 Å². The molecule has 156 valence electrons. The second-order valence-electron chi connectivity index (χ2n) is 7.96. The fourth-order valence-electron chi connectivity index (χ4n) is 3.15. The third-order valence-corrected chi connectivity index (χ3v) is 4.64. The number of rotatable bonds is 6. The van der Waals surface area contributed by atoms with Crippen molar-refractivity contribution in [1.29, 1.82) is 0 Å². The molecule has 0 radical (unpaired) electrons. The van der Waals surface area contributed by atoms with Gasteiger partial charge in [0.15, 0.2) is 0 Å². The first-order valence-corrected chi connectivity index (χ1v) is 9.88. The van der Waals surface area contributed by atoms with Crippen LogP contribution in [-0.4, -0.2) is 65.9 Å². The Bertz CT molecular complexity index is 810. The van der Waals surface area contributed by atoms with Crippen LogP contribution >= 0.6 is 0 Å². The lowest BCUT2D eigenvalue weighted by molar-refractivity contribution is -0.0168. The zero-order valence-electron chi connectivity index (χ0n) is 17.3. The van der Waals surface area contributed by atoms with E-state index in [0.717, 1.165) is 5.69 Å². The minimum absolute atomic E-state index is 0.0444. The van der Waals surface area contributed by atoms with Gasteiger partial charge in [-0.25, -0.2) is 4.98 Å². The molecule has 0 aliphatic carbocycles. The third kappa shape index (κ3) is 5.84. The van der Waals surface area contributed by atoms with Crippen LogP contribution in [0.4, 0.5) is 5.69 Å². The van der Waals surface area contributed by atoms with Crippen LogP contribution in [0.1, 0.15) is 31.1 Å². The van der Waals surface area contributed by atoms with Gasteiger partial charge in [0.05, 0.1) is 23.5 Å². The summed E-state index contributed by atoms with van der Waals surface area (Å²) in [5.41, 5.74) is 1.15. The lowest BCUT2D eigenvalue weighted by Crippen LogP contribution is -2.48. The summed E-state index contributed by atoms with van der Waals surface area (Å²) in [4.78, 5) is 20.9. The number of aromatic nitrogens is 1. The summed E-state index contributed by atoms with van der Waals surface area (Å²) in [6.07, 6.45) is 1.55. The summed E-state index contributed by atoms with van der Waals surface area (Å²) >= 11 is 0. The van der Waals surface area contributed by atoms with Gasteiger partial charge in [-0.15, -0.1) is 0 Å². The SMILES string of the molecule is CC(C)(C)OCCOc1ccc(C(=O)N2CCN(c3ccccc3O)CC2)cn1. The largest absolute Gasteiger partial charge is 0.506 e. The minimum Gasteiger partial charge on any atom is -0.506 e. The van der Waals surface area contributed by atoms with Crippen LogP contribution in [0.5, 0.6) is 11.6 Å². The number of para-hydroxylation sites is 2. The highest BCUT2D eigenvalue weighted by Crippen LogP contribution is 2.27. The number of phenolic OH excluding ortho intramolecular Hbond substituents is 1. The third-order valence-electron chi connectivity index (χ3n) is 4.64. The molecule has 0 unspecified atom stereocenters. The highest BCUT2D eigenvalue weighted by molar-refractivity contribution is 5.94. The summed E-state index contributed by atoms with van der Waals surface area (Å²) in [6.45, 7) is 9.40. The first-order chi connectivity index (χ1) is 13.8. The Morgan fingerprint density at radius 3 is 2.41 bits per heavy atom. The summed E-state index contributed by atoms with van der Waals surface area (Å²) in [7, 11) is 0. The quantitative estimate of drug-likeness (QED) is 0.753. The van der Waals surface area contributed by atoms with Gasteiger partial charge in [0.2, 0.25) is 5.88 Å². The van der Waals surface area contributed by atoms with Crippen molar-refractivity contribution in [3.8, 4) is 11.6 Å². The van der Waals surface area contributed by atoms with E-state index >= 15 is 0 Å². The van der Waals surface area contributed by atoms with Gasteiger partial charge in [-0.2, -0.15) is 0 Å². The molecule has 29 heavy (non-hydrogen) atoms. The Morgan fingerprint density at radius 2 is 1.79 bits per heavy atom. The van der Waals surface area contributed by atoms with Gasteiger partial charge in [0.25, 0.3) is 5.91 Å². The van der Waals surface area contributed by atoms with Gasteiger partial charge < -0.3 is 24.4 Å². The molecule has 1 fully saturated rings. The van der Waals surface area contributed by atoms with Crippen molar-refractivity contribution in [2.75, 3.05) is 44.3 Å². The van der Waals surface area contributed by atoms with E-state index in [4.69, 9.17) is 9.47 Å². The molecule has 7 heteroatoms. The van der Waals surface area contributed by atoms with E-state index < -0.39 is 0 Å². The van der Waals surface area contributed by atoms with E-state index in [0.29, 0.717) is 50.8 Å². The average Bonchev–Trinajstić information content (AvgIpc) is 2.71. The number of nitrogens with zero attached hydrogens (tertiary/aromatic N) is 3. The molecule has 0 atom stereocenters. The zero-order valence-corrected chi connectivity index (χ0v) is 17.3. The predicted octanol–water partition coefficient (Wildman–Crippen LogP) is 2.94. The molecular formula is C22H29N3O4. The molecule has 2 aromatic rings. The van der Waals surface area contributed by atoms with Gasteiger partial charge in [-0.1, -0.05) is 12.1 Å². The van der Waals surface area contributed by atoms with Gasteiger partial charge in [-0.3, -0.25) is 4.79 Å². The highest BCUT2D eigenvalue weighted by atomic mass is 16.5. The maximum atomic E-state index is 12.7. The number of benzene rings is 1. The number of ether oxygens (including phenoxy) is 2. The molecular weight excluding hydrogens is 370 g/mol. The van der Waals surface area contributed by atoms with Crippen molar-refractivity contribution in [1.82, 2.24) is 9.88 Å². The highest BCUT2D eigenvalue weighted by Gasteiger charge is 2.23. The minimum atomic E-state index is -0.198. The smallest absolute Gasteiger partial charge is 0.255 e. The molecule has 1 amide bonds. The molecule has 1 saturated heterocycles. The Balaban J connectivity index is 1.49. The van der Waals surface area contributed by atoms with E-state index in [1.54, 1.807) is 30.5 Å². The van der Waals surface area contributed by atoms with E-state index in [9.17, 15) is 9.90 Å². The molecule has 1 aromatic heterocycles. The molecule has 0 bridgehead atoms. The monoisotopic (exact) mass is 399 g/mol. The lowest BCUT2D eigenvalue weighted by Gasteiger charge is -2.36. The number of piperazine rings is 1. The van der Waals surface area contributed by atoms with Crippen LogP contribution in [-0.2, 0) is 4.74 Å². The van der Waals surface area contributed by atoms with Crippen molar-refractivity contribution in [3.63, 3.8) is 0 Å². The van der Waals surface area contributed by atoms with Gasteiger partial charge >= 0.3 is 0 Å². The predicted molar refractivity (Wildman–Crippen MR) is 112 cm³/mol. The Hall–Kier alpha value is -2.80. The van der Waals surface area contributed by atoms with Crippen molar-refractivity contribution in [2.45, 2.75) is 26.4 Å². The second-order valence-corrected chi connectivity index (χ2v) is 7.96. The molecule has 1 aliphatic heterocycles. The average molecular weight is 399 g/mol. The maximum Gasteiger partial charge on any atom is 0.255 e. The number of anilines is 1. The first-order valence-electron chi connectivity index (χ1n) is 9.88. The maximum absolute atomic E-state index is 12.7. The van der Waals surface area contributed by atoms with E-state index in [1.165, 1.54) is 0 Å². The van der Waals surface area contributed by atoms with Crippen molar-refractivity contribution >= 4 is 11.6 Å². The molecule has 1 aromatic carbocycles. The van der Waals surface area contributed by atoms with Crippen LogP contribution in [0.2, 0.25) is 0 Å². The fourth-order valence-corrected chi connectivity index (χ4v) is 3.15. The van der Waals surface area contributed by atoms with Gasteiger partial charge in [0.1, 0.15) is 12.4 Å². The number of phenols is 1. The van der Waals surface area contributed by atoms with Crippen molar-refractivity contribution < 1.29 is 19.4 Å². The molecule has 2 heterocycles. The molecule has 0 spiro atoms.